The van der Waals surface area contributed by atoms with Crippen LogP contribution in [-0.4, -0.2) is 16.2 Å². The molecule has 1 aliphatic rings. The molecule has 2 rings (SSSR count). The van der Waals surface area contributed by atoms with Crippen molar-refractivity contribution in [1.29, 1.82) is 0 Å². The number of aliphatic hydroxyl groups is 1. The summed E-state index contributed by atoms with van der Waals surface area (Å²) in [7, 11) is 0. The summed E-state index contributed by atoms with van der Waals surface area (Å²) in [4.78, 5) is 3.96. The first-order valence-electron chi connectivity index (χ1n) is 5.12. The van der Waals surface area contributed by atoms with Crippen LogP contribution in [0.4, 0.5) is 5.82 Å². The molecular formula is C11H16N2O. The Balaban J connectivity index is 1.97. The second kappa shape index (κ2) is 3.96. The highest BCUT2D eigenvalue weighted by Gasteiger charge is 2.22. The Morgan fingerprint density at radius 3 is 3.00 bits per heavy atom. The maximum Gasteiger partial charge on any atom is 0.123 e. The van der Waals surface area contributed by atoms with Gasteiger partial charge in [0.25, 0.3) is 0 Å². The summed E-state index contributed by atoms with van der Waals surface area (Å²) in [6.07, 6.45) is 5.69. The number of pyridine rings is 1. The summed E-state index contributed by atoms with van der Waals surface area (Å²) >= 11 is 0. The molecule has 1 saturated carbocycles. The van der Waals surface area contributed by atoms with E-state index in [1.54, 1.807) is 6.20 Å². The second-order valence-corrected chi connectivity index (χ2v) is 4.13. The van der Waals surface area contributed by atoms with Gasteiger partial charge in [-0.05, 0) is 49.3 Å². The van der Waals surface area contributed by atoms with E-state index < -0.39 is 0 Å². The van der Waals surface area contributed by atoms with Crippen molar-refractivity contribution >= 4 is 5.82 Å². The number of nitrogens with zero attached hydrogens (tertiary/aromatic N) is 1. The van der Waals surface area contributed by atoms with Crippen molar-refractivity contribution in [2.24, 2.45) is 5.92 Å². The topological polar surface area (TPSA) is 59.1 Å². The number of hydrogen-bond donors (Lipinski definition) is 2. The van der Waals surface area contributed by atoms with Crippen molar-refractivity contribution in [2.75, 3.05) is 5.73 Å². The van der Waals surface area contributed by atoms with Gasteiger partial charge in [0, 0.05) is 6.20 Å². The summed E-state index contributed by atoms with van der Waals surface area (Å²) in [5.74, 6) is 1.20. The van der Waals surface area contributed by atoms with Crippen molar-refractivity contribution in [2.45, 2.75) is 31.8 Å². The minimum Gasteiger partial charge on any atom is -0.393 e. The average molecular weight is 192 g/mol. The van der Waals surface area contributed by atoms with E-state index in [4.69, 9.17) is 5.73 Å². The van der Waals surface area contributed by atoms with E-state index in [1.165, 1.54) is 5.56 Å². The predicted octanol–water partition coefficient (Wildman–Crippen LogP) is 1.37. The molecule has 1 fully saturated rings. The van der Waals surface area contributed by atoms with Gasteiger partial charge in [-0.25, -0.2) is 4.98 Å². The molecule has 0 bridgehead atoms. The smallest absolute Gasteiger partial charge is 0.123 e. The third kappa shape index (κ3) is 2.23. The first kappa shape index (κ1) is 9.46. The van der Waals surface area contributed by atoms with Crippen LogP contribution in [0.2, 0.25) is 0 Å². The number of rotatable bonds is 2. The Hall–Kier alpha value is -1.09. The molecule has 1 aliphatic carbocycles. The van der Waals surface area contributed by atoms with Crippen LogP contribution >= 0.6 is 0 Å². The Labute approximate surface area is 84.0 Å². The van der Waals surface area contributed by atoms with Crippen molar-refractivity contribution in [3.8, 4) is 0 Å². The van der Waals surface area contributed by atoms with E-state index in [0.29, 0.717) is 11.7 Å². The van der Waals surface area contributed by atoms with Crippen LogP contribution in [-0.2, 0) is 6.42 Å². The molecule has 0 saturated heterocycles. The molecule has 0 aliphatic heterocycles. The van der Waals surface area contributed by atoms with Gasteiger partial charge >= 0.3 is 0 Å². The zero-order valence-corrected chi connectivity index (χ0v) is 8.19. The SMILES string of the molecule is Nc1cc(CC2CCC(O)C2)ccn1. The molecule has 0 radical (unpaired) electrons. The Morgan fingerprint density at radius 1 is 1.50 bits per heavy atom. The van der Waals surface area contributed by atoms with Crippen molar-refractivity contribution < 1.29 is 5.11 Å². The molecule has 1 aromatic heterocycles. The molecule has 0 amide bonds. The molecule has 1 aromatic rings. The summed E-state index contributed by atoms with van der Waals surface area (Å²) < 4.78 is 0. The summed E-state index contributed by atoms with van der Waals surface area (Å²) in [5, 5.41) is 9.40. The molecule has 0 spiro atoms. The Morgan fingerprint density at radius 2 is 2.36 bits per heavy atom. The van der Waals surface area contributed by atoms with Gasteiger partial charge in [0.15, 0.2) is 0 Å². The Bertz CT molecular complexity index is 314. The molecular weight excluding hydrogens is 176 g/mol. The zero-order chi connectivity index (χ0) is 9.97. The molecule has 0 aromatic carbocycles. The molecule has 76 valence electrons. The number of nitrogen functional groups attached to an aromatic ring is 1. The maximum absolute atomic E-state index is 9.40. The first-order chi connectivity index (χ1) is 6.74. The lowest BCUT2D eigenvalue weighted by Gasteiger charge is -2.08. The van der Waals surface area contributed by atoms with Crippen molar-refractivity contribution in [3.63, 3.8) is 0 Å². The van der Waals surface area contributed by atoms with Crippen LogP contribution in [0.1, 0.15) is 24.8 Å². The van der Waals surface area contributed by atoms with Gasteiger partial charge in [0.1, 0.15) is 5.82 Å². The summed E-state index contributed by atoms with van der Waals surface area (Å²) in [6, 6.07) is 3.92. The largest absolute Gasteiger partial charge is 0.393 e. The maximum atomic E-state index is 9.40. The number of aliphatic hydroxyl groups excluding tert-OH is 1. The lowest BCUT2D eigenvalue weighted by Crippen LogP contribution is -2.03. The fourth-order valence-corrected chi connectivity index (χ4v) is 2.19. The van der Waals surface area contributed by atoms with Gasteiger partial charge in [-0.1, -0.05) is 0 Å². The highest BCUT2D eigenvalue weighted by molar-refractivity contribution is 5.32. The van der Waals surface area contributed by atoms with Gasteiger partial charge < -0.3 is 10.8 Å². The summed E-state index contributed by atoms with van der Waals surface area (Å²) in [6.45, 7) is 0. The highest BCUT2D eigenvalue weighted by atomic mass is 16.3. The van der Waals surface area contributed by atoms with Crippen molar-refractivity contribution in [3.05, 3.63) is 23.9 Å². The highest BCUT2D eigenvalue weighted by Crippen LogP contribution is 2.28. The monoisotopic (exact) mass is 192 g/mol. The third-order valence-corrected chi connectivity index (χ3v) is 2.88. The van der Waals surface area contributed by atoms with Crippen LogP contribution in [0.5, 0.6) is 0 Å². The quantitative estimate of drug-likeness (QED) is 0.744. The molecule has 2 unspecified atom stereocenters. The van der Waals surface area contributed by atoms with Gasteiger partial charge in [-0.3, -0.25) is 0 Å². The predicted molar refractivity (Wildman–Crippen MR) is 55.7 cm³/mol. The van der Waals surface area contributed by atoms with E-state index in [-0.39, 0.29) is 6.10 Å². The van der Waals surface area contributed by atoms with E-state index in [2.05, 4.69) is 4.98 Å². The van der Waals surface area contributed by atoms with Gasteiger partial charge in [0.05, 0.1) is 6.10 Å². The van der Waals surface area contributed by atoms with Crippen LogP contribution in [0.3, 0.4) is 0 Å². The number of hydrogen-bond acceptors (Lipinski definition) is 3. The fourth-order valence-electron chi connectivity index (χ4n) is 2.19. The van der Waals surface area contributed by atoms with E-state index in [0.717, 1.165) is 25.7 Å². The number of anilines is 1. The van der Waals surface area contributed by atoms with Gasteiger partial charge in [-0.2, -0.15) is 0 Å². The minimum absolute atomic E-state index is 0.0841. The molecule has 3 heteroatoms. The first-order valence-corrected chi connectivity index (χ1v) is 5.12. The minimum atomic E-state index is -0.0841. The molecule has 1 heterocycles. The van der Waals surface area contributed by atoms with Crippen molar-refractivity contribution in [1.82, 2.24) is 4.98 Å². The number of aromatic nitrogens is 1. The normalized spacial score (nSPS) is 26.6. The fraction of sp³-hybridized carbons (Fsp3) is 0.545. The molecule has 3 N–H and O–H groups in total. The molecule has 14 heavy (non-hydrogen) atoms. The van der Waals surface area contributed by atoms with Crippen LogP contribution < -0.4 is 5.73 Å². The van der Waals surface area contributed by atoms with Gasteiger partial charge in [0.2, 0.25) is 0 Å². The lowest BCUT2D eigenvalue weighted by atomic mass is 9.99. The Kier molecular flexibility index (Phi) is 2.68. The summed E-state index contributed by atoms with van der Waals surface area (Å²) in [5.41, 5.74) is 6.83. The molecule has 2 atom stereocenters. The standard InChI is InChI=1S/C11H16N2O/c12-11-7-9(3-4-13-11)5-8-1-2-10(14)6-8/h3-4,7-8,10,14H,1-2,5-6H2,(H2,12,13). The lowest BCUT2D eigenvalue weighted by molar-refractivity contribution is 0.177. The van der Waals surface area contributed by atoms with Crippen LogP contribution in [0.15, 0.2) is 18.3 Å². The van der Waals surface area contributed by atoms with E-state index >= 15 is 0 Å². The number of nitrogens with two attached hydrogens (primary N) is 1. The third-order valence-electron chi connectivity index (χ3n) is 2.88. The zero-order valence-electron chi connectivity index (χ0n) is 8.19. The van der Waals surface area contributed by atoms with Gasteiger partial charge in [-0.15, -0.1) is 0 Å². The van der Waals surface area contributed by atoms with E-state index in [9.17, 15) is 5.11 Å². The second-order valence-electron chi connectivity index (χ2n) is 4.13. The van der Waals surface area contributed by atoms with Crippen LogP contribution in [0.25, 0.3) is 0 Å². The van der Waals surface area contributed by atoms with Crippen LogP contribution in [0, 0.1) is 5.92 Å². The molecule has 3 nitrogen and oxygen atoms in total. The van der Waals surface area contributed by atoms with E-state index in [1.807, 2.05) is 12.1 Å². The average Bonchev–Trinajstić information content (AvgIpc) is 2.51.